The van der Waals surface area contributed by atoms with Crippen molar-refractivity contribution in [1.82, 2.24) is 9.97 Å². The molecular weight excluding hydrogens is 394 g/mol. The van der Waals surface area contributed by atoms with Crippen molar-refractivity contribution in [2.24, 2.45) is 0 Å². The van der Waals surface area contributed by atoms with E-state index >= 15 is 0 Å². The highest BCUT2D eigenvalue weighted by Crippen LogP contribution is 2.31. The molecule has 0 saturated carbocycles. The molecule has 2 rings (SSSR count). The van der Waals surface area contributed by atoms with Gasteiger partial charge in [-0.3, -0.25) is 9.59 Å². The number of nitrogens with one attached hydrogen (secondary N) is 2. The first-order valence-electron chi connectivity index (χ1n) is 7.87. The number of rotatable bonds is 8. The van der Waals surface area contributed by atoms with Gasteiger partial charge < -0.3 is 15.0 Å². The number of carbonyl (C=O) groups excluding carboxylic acids is 1. The third kappa shape index (κ3) is 5.96. The van der Waals surface area contributed by atoms with Crippen LogP contribution in [0, 0.1) is 6.92 Å². The predicted octanol–water partition coefficient (Wildman–Crippen LogP) is 3.72. The number of hydrogen-bond donors (Lipinski definition) is 2. The van der Waals surface area contributed by atoms with Gasteiger partial charge in [0.15, 0.2) is 5.16 Å². The van der Waals surface area contributed by atoms with Gasteiger partial charge in [0, 0.05) is 22.9 Å². The number of methoxy groups -OCH3 is 1. The maximum absolute atomic E-state index is 12.2. The molecule has 0 aliphatic carbocycles. The number of aromatic amines is 1. The van der Waals surface area contributed by atoms with Crippen LogP contribution in [-0.4, -0.2) is 34.5 Å². The van der Waals surface area contributed by atoms with E-state index in [9.17, 15) is 9.59 Å². The number of H-pyrrole nitrogens is 1. The van der Waals surface area contributed by atoms with Gasteiger partial charge in [0.2, 0.25) is 5.91 Å². The molecule has 0 radical (unpaired) electrons. The lowest BCUT2D eigenvalue weighted by molar-refractivity contribution is -0.113. The molecule has 0 spiro atoms. The Balaban J connectivity index is 2.02. The average Bonchev–Trinajstić information content (AvgIpc) is 2.60. The highest BCUT2D eigenvalue weighted by molar-refractivity contribution is 7.99. The summed E-state index contributed by atoms with van der Waals surface area (Å²) in [5.41, 5.74) is 1.88. The molecule has 1 amide bonds. The van der Waals surface area contributed by atoms with Gasteiger partial charge in [0.1, 0.15) is 5.75 Å². The number of benzene rings is 1. The third-order valence-electron chi connectivity index (χ3n) is 3.32. The van der Waals surface area contributed by atoms with Crippen LogP contribution in [-0.2, 0) is 10.5 Å². The summed E-state index contributed by atoms with van der Waals surface area (Å²) in [6.45, 7) is 3.89. The van der Waals surface area contributed by atoms with Crippen LogP contribution in [0.15, 0.2) is 28.2 Å². The van der Waals surface area contributed by atoms with Crippen LogP contribution in [0.1, 0.15) is 18.2 Å². The van der Waals surface area contributed by atoms with Crippen LogP contribution < -0.4 is 15.6 Å². The third-order valence-corrected chi connectivity index (χ3v) is 5.51. The second-order valence-corrected chi connectivity index (χ2v) is 7.96. The summed E-state index contributed by atoms with van der Waals surface area (Å²) in [5.74, 6) is 1.98. The van der Waals surface area contributed by atoms with E-state index in [1.54, 1.807) is 23.9 Å². The van der Waals surface area contributed by atoms with Crippen molar-refractivity contribution >= 4 is 46.7 Å². The summed E-state index contributed by atoms with van der Waals surface area (Å²) < 4.78 is 5.25. The van der Waals surface area contributed by atoms with Crippen molar-refractivity contribution in [2.45, 2.75) is 24.8 Å². The fraction of sp³-hybridized carbons (Fsp3) is 0.353. The van der Waals surface area contributed by atoms with Gasteiger partial charge in [0.25, 0.3) is 5.56 Å². The van der Waals surface area contributed by atoms with Crippen LogP contribution in [0.5, 0.6) is 5.75 Å². The minimum atomic E-state index is -0.231. The molecule has 0 unspecified atom stereocenters. The number of halogens is 1. The lowest BCUT2D eigenvalue weighted by atomic mass is 10.2. The molecule has 0 atom stereocenters. The van der Waals surface area contributed by atoms with E-state index in [0.29, 0.717) is 33.1 Å². The van der Waals surface area contributed by atoms with Crippen LogP contribution in [0.3, 0.4) is 0 Å². The highest BCUT2D eigenvalue weighted by atomic mass is 35.5. The van der Waals surface area contributed by atoms with Crippen LogP contribution in [0.25, 0.3) is 0 Å². The van der Waals surface area contributed by atoms with Crippen molar-refractivity contribution in [2.75, 3.05) is 23.9 Å². The quantitative estimate of drug-likeness (QED) is 0.506. The van der Waals surface area contributed by atoms with Crippen molar-refractivity contribution in [3.05, 3.63) is 44.8 Å². The fourth-order valence-corrected chi connectivity index (χ4v) is 3.49. The standard InChI is InChI=1S/C17H20ClN3O3S2/c1-4-25-8-11-6-15(22)21-17(19-11)26-9-16(23)20-13-5-10(2)12(18)7-14(13)24-3/h5-7H,4,8-9H2,1-3H3,(H,20,23)(H,19,21,22). The minimum absolute atomic E-state index is 0.109. The molecule has 0 fully saturated rings. The summed E-state index contributed by atoms with van der Waals surface area (Å²) in [4.78, 5) is 31.0. The maximum Gasteiger partial charge on any atom is 0.251 e. The van der Waals surface area contributed by atoms with Gasteiger partial charge in [-0.1, -0.05) is 30.3 Å². The van der Waals surface area contributed by atoms with Crippen LogP contribution in [0.2, 0.25) is 5.02 Å². The van der Waals surface area contributed by atoms with Crippen molar-refractivity contribution in [1.29, 1.82) is 0 Å². The zero-order valence-electron chi connectivity index (χ0n) is 14.7. The monoisotopic (exact) mass is 413 g/mol. The van der Waals surface area contributed by atoms with E-state index < -0.39 is 0 Å². The Morgan fingerprint density at radius 1 is 1.38 bits per heavy atom. The number of aryl methyl sites for hydroxylation is 1. The number of amides is 1. The van der Waals surface area contributed by atoms with Crippen LogP contribution in [0.4, 0.5) is 5.69 Å². The second kappa shape index (κ2) is 9.89. The summed E-state index contributed by atoms with van der Waals surface area (Å²) in [5, 5.41) is 3.79. The fourth-order valence-electron chi connectivity index (χ4n) is 2.08. The Bertz CT molecular complexity index is 842. The van der Waals surface area contributed by atoms with Gasteiger partial charge in [-0.25, -0.2) is 4.98 Å². The highest BCUT2D eigenvalue weighted by Gasteiger charge is 2.12. The predicted molar refractivity (Wildman–Crippen MR) is 109 cm³/mol. The van der Waals surface area contributed by atoms with Gasteiger partial charge in [-0.05, 0) is 24.3 Å². The number of nitrogens with zero attached hydrogens (tertiary/aromatic N) is 1. The van der Waals surface area contributed by atoms with Gasteiger partial charge in [-0.2, -0.15) is 11.8 Å². The number of thioether (sulfide) groups is 2. The largest absolute Gasteiger partial charge is 0.495 e. The topological polar surface area (TPSA) is 84.1 Å². The molecule has 0 bridgehead atoms. The smallest absolute Gasteiger partial charge is 0.251 e. The summed E-state index contributed by atoms with van der Waals surface area (Å²) in [6, 6.07) is 4.90. The number of anilines is 1. The zero-order valence-corrected chi connectivity index (χ0v) is 17.1. The average molecular weight is 414 g/mol. The number of aromatic nitrogens is 2. The zero-order chi connectivity index (χ0) is 19.1. The molecule has 2 aromatic rings. The SMILES string of the molecule is CCSCc1cc(=O)[nH]c(SCC(=O)Nc2cc(C)c(Cl)cc2OC)n1. The van der Waals surface area contributed by atoms with Gasteiger partial charge in [-0.15, -0.1) is 0 Å². The first-order chi connectivity index (χ1) is 12.4. The first-order valence-corrected chi connectivity index (χ1v) is 10.4. The molecule has 0 saturated heterocycles. The van der Waals surface area contributed by atoms with Crippen LogP contribution >= 0.6 is 35.1 Å². The van der Waals surface area contributed by atoms with Gasteiger partial charge >= 0.3 is 0 Å². The number of carbonyl (C=O) groups is 1. The summed E-state index contributed by atoms with van der Waals surface area (Å²) in [7, 11) is 1.51. The van der Waals surface area contributed by atoms with E-state index in [-0.39, 0.29) is 17.2 Å². The molecule has 0 aliphatic rings. The lowest BCUT2D eigenvalue weighted by Crippen LogP contribution is -2.16. The number of ether oxygens (including phenoxy) is 1. The Hall–Kier alpha value is -1.64. The summed E-state index contributed by atoms with van der Waals surface area (Å²) in [6.07, 6.45) is 0. The lowest BCUT2D eigenvalue weighted by Gasteiger charge is -2.12. The molecule has 1 aromatic carbocycles. The maximum atomic E-state index is 12.2. The van der Waals surface area contributed by atoms with Crippen molar-refractivity contribution in [3.63, 3.8) is 0 Å². The Labute approximate surface area is 165 Å². The Kier molecular flexibility index (Phi) is 7.86. The minimum Gasteiger partial charge on any atom is -0.495 e. The Morgan fingerprint density at radius 3 is 2.85 bits per heavy atom. The summed E-state index contributed by atoms with van der Waals surface area (Å²) >= 11 is 8.93. The molecule has 9 heteroatoms. The number of hydrogen-bond acceptors (Lipinski definition) is 6. The normalized spacial score (nSPS) is 10.6. The molecule has 26 heavy (non-hydrogen) atoms. The molecular formula is C17H20ClN3O3S2. The molecule has 1 heterocycles. The van der Waals surface area contributed by atoms with E-state index in [2.05, 4.69) is 15.3 Å². The van der Waals surface area contributed by atoms with E-state index in [0.717, 1.165) is 11.3 Å². The van der Waals surface area contributed by atoms with E-state index in [1.807, 2.05) is 13.8 Å². The van der Waals surface area contributed by atoms with Crippen molar-refractivity contribution in [3.8, 4) is 5.75 Å². The molecule has 0 aliphatic heterocycles. The molecule has 6 nitrogen and oxygen atoms in total. The molecule has 2 N–H and O–H groups in total. The molecule has 1 aromatic heterocycles. The second-order valence-electron chi connectivity index (χ2n) is 5.32. The van der Waals surface area contributed by atoms with E-state index in [1.165, 1.54) is 24.9 Å². The van der Waals surface area contributed by atoms with E-state index in [4.69, 9.17) is 16.3 Å². The molecule has 140 valence electrons. The van der Waals surface area contributed by atoms with Gasteiger partial charge in [0.05, 0.1) is 24.2 Å². The Morgan fingerprint density at radius 2 is 2.15 bits per heavy atom. The first kappa shape index (κ1) is 20.7. The van der Waals surface area contributed by atoms with Crippen molar-refractivity contribution < 1.29 is 9.53 Å².